The van der Waals surface area contributed by atoms with Gasteiger partial charge in [0.15, 0.2) is 16.9 Å². The summed E-state index contributed by atoms with van der Waals surface area (Å²) >= 11 is 0. The van der Waals surface area contributed by atoms with Gasteiger partial charge in [-0.05, 0) is 43.4 Å². The van der Waals surface area contributed by atoms with Gasteiger partial charge in [0.05, 0.1) is 25.6 Å². The smallest absolute Gasteiger partial charge is 0.306 e. The Morgan fingerprint density at radius 2 is 1.98 bits per heavy atom. The number of rotatable bonds is 6. The maximum atomic E-state index is 12.7. The maximum Gasteiger partial charge on any atom is 0.306 e. The summed E-state index contributed by atoms with van der Waals surface area (Å²) in [4.78, 5) is 12.5. The molecule has 1 aromatic carbocycles. The fourth-order valence-electron chi connectivity index (χ4n) is 7.61. The van der Waals surface area contributed by atoms with Crippen molar-refractivity contribution in [3.63, 3.8) is 0 Å². The lowest BCUT2D eigenvalue weighted by atomic mass is 9.51. The van der Waals surface area contributed by atoms with Crippen LogP contribution in [0, 0.1) is 17.8 Å². The Morgan fingerprint density at radius 1 is 1.15 bits per heavy atom. The summed E-state index contributed by atoms with van der Waals surface area (Å²) in [6.07, 6.45) is -0.152. The van der Waals surface area contributed by atoms with Gasteiger partial charge >= 0.3 is 5.97 Å². The number of aliphatic hydroxyl groups is 6. The number of hydrogen-bond acceptors (Lipinski definition) is 15. The SMILES string of the molecule is CCOC(=O)CCc1cc2ccoc2c2c1O[C@@H]1O[C@@](CO)(CSSCCNCCO2)[C@]2(O)C[C@H]3C=C[C@H](O)[C@@H](CO)[C@@H]3[C@@]1(O)[C@H]2O. The summed E-state index contributed by atoms with van der Waals surface area (Å²) in [5.41, 5.74) is -5.53. The standard InChI is InChI=1S/C32H43NO12S2/c1-2-41-23(37)6-4-18-13-19-7-10-42-25(19)27-26(18)44-29-32(40)24-20(3-5-22(36)21(24)15-34)14-31(39,28(32)38)30(16-35,45-29)17-47-46-12-9-33-8-11-43-27/h3,5,7,10,13,20-22,24,28-29,33-36,38-40H,2,4,6,8-9,11-12,14-17H2,1H3/t20-,21-,22+,24-,28+,29-,30+,31+,32-/m1/s1. The van der Waals surface area contributed by atoms with Gasteiger partial charge in [0.1, 0.15) is 23.9 Å². The van der Waals surface area contributed by atoms with Gasteiger partial charge in [-0.15, -0.1) is 0 Å². The van der Waals surface area contributed by atoms with Crippen molar-refractivity contribution in [2.45, 2.75) is 61.5 Å². The van der Waals surface area contributed by atoms with E-state index in [0.717, 1.165) is 0 Å². The molecule has 0 spiro atoms. The fourth-order valence-corrected chi connectivity index (χ4v) is 10.1. The average molecular weight is 698 g/mol. The van der Waals surface area contributed by atoms with Gasteiger partial charge in [-0.25, -0.2) is 0 Å². The highest BCUT2D eigenvalue weighted by Crippen LogP contribution is 2.60. The van der Waals surface area contributed by atoms with Crippen LogP contribution < -0.4 is 14.8 Å². The zero-order chi connectivity index (χ0) is 33.4. The molecule has 15 heteroatoms. The molecule has 6 rings (SSSR count). The van der Waals surface area contributed by atoms with Crippen LogP contribution in [0.25, 0.3) is 11.0 Å². The summed E-state index contributed by atoms with van der Waals surface area (Å²) in [6.45, 7) is 2.01. The van der Waals surface area contributed by atoms with Crippen LogP contribution >= 0.6 is 21.6 Å². The van der Waals surface area contributed by atoms with Gasteiger partial charge in [0, 0.05) is 54.8 Å². The third kappa shape index (κ3) is 5.96. The maximum absolute atomic E-state index is 12.7. The van der Waals surface area contributed by atoms with E-state index in [2.05, 4.69) is 5.32 Å². The highest BCUT2D eigenvalue weighted by atomic mass is 33.1. The molecule has 0 radical (unpaired) electrons. The van der Waals surface area contributed by atoms with Gasteiger partial charge in [-0.3, -0.25) is 4.79 Å². The van der Waals surface area contributed by atoms with E-state index in [9.17, 15) is 35.4 Å². The summed E-state index contributed by atoms with van der Waals surface area (Å²) in [5, 5.41) is 73.4. The van der Waals surface area contributed by atoms with Gasteiger partial charge in [-0.1, -0.05) is 33.7 Å². The number of aliphatic hydroxyl groups excluding tert-OH is 4. The van der Waals surface area contributed by atoms with Crippen LogP contribution in [-0.4, -0.2) is 123 Å². The van der Waals surface area contributed by atoms with E-state index < -0.39 is 72.2 Å². The normalized spacial score (nSPS) is 37.4. The third-order valence-corrected chi connectivity index (χ3v) is 12.4. The number of fused-ring (bicyclic) bond motifs is 11. The number of nitrogens with one attached hydrogen (secondary N) is 1. The number of allylic oxidation sites excluding steroid dienone is 1. The first-order valence-electron chi connectivity index (χ1n) is 16.0. The minimum absolute atomic E-state index is 0.00453. The second-order valence-corrected chi connectivity index (χ2v) is 15.2. The molecule has 13 nitrogen and oxygen atoms in total. The number of furan rings is 1. The molecule has 3 heterocycles. The minimum Gasteiger partial charge on any atom is -0.485 e. The molecule has 4 bridgehead atoms. The highest BCUT2D eigenvalue weighted by Gasteiger charge is 2.76. The highest BCUT2D eigenvalue weighted by molar-refractivity contribution is 8.76. The second-order valence-electron chi connectivity index (χ2n) is 12.6. The van der Waals surface area contributed by atoms with Crippen LogP contribution in [0.1, 0.15) is 25.3 Å². The largest absolute Gasteiger partial charge is 0.485 e. The number of esters is 1. The summed E-state index contributed by atoms with van der Waals surface area (Å²) < 4.78 is 30.4. The van der Waals surface area contributed by atoms with Crippen molar-refractivity contribution in [1.29, 1.82) is 0 Å². The van der Waals surface area contributed by atoms with E-state index in [-0.39, 0.29) is 49.7 Å². The Kier molecular flexibility index (Phi) is 10.4. The van der Waals surface area contributed by atoms with Crippen molar-refractivity contribution in [1.82, 2.24) is 5.32 Å². The Bertz CT molecular complexity index is 1460. The Labute approximate surface area is 280 Å². The van der Waals surface area contributed by atoms with Crippen molar-refractivity contribution in [2.24, 2.45) is 17.8 Å². The molecule has 2 aliphatic heterocycles. The van der Waals surface area contributed by atoms with E-state index in [1.807, 2.05) is 0 Å². The number of carbonyl (C=O) groups excluding carboxylic acids is 1. The summed E-state index contributed by atoms with van der Waals surface area (Å²) in [7, 11) is 2.85. The topological polar surface area (TPSA) is 201 Å². The van der Waals surface area contributed by atoms with Crippen molar-refractivity contribution >= 4 is 38.5 Å². The third-order valence-electron chi connectivity index (χ3n) is 9.97. The first-order chi connectivity index (χ1) is 22.6. The number of benzene rings is 1. The molecule has 2 aliphatic carbocycles. The summed E-state index contributed by atoms with van der Waals surface area (Å²) in [6, 6.07) is 3.51. The number of carbonyl (C=O) groups is 1. The van der Waals surface area contributed by atoms with E-state index >= 15 is 0 Å². The predicted molar refractivity (Wildman–Crippen MR) is 173 cm³/mol. The van der Waals surface area contributed by atoms with Gasteiger partial charge in [0.25, 0.3) is 0 Å². The zero-order valence-corrected chi connectivity index (χ0v) is 27.7. The molecule has 9 atom stereocenters. The average Bonchev–Trinajstić information content (AvgIpc) is 3.52. The quantitative estimate of drug-likeness (QED) is 0.127. The van der Waals surface area contributed by atoms with E-state index in [0.29, 0.717) is 35.4 Å². The Hall–Kier alpha value is -2.05. The Balaban J connectivity index is 1.53. The molecule has 0 amide bonds. The lowest BCUT2D eigenvalue weighted by Gasteiger charge is -2.66. The molecule has 2 aromatic rings. The van der Waals surface area contributed by atoms with Crippen LogP contribution in [0.4, 0.5) is 0 Å². The monoisotopic (exact) mass is 697 g/mol. The van der Waals surface area contributed by atoms with Gasteiger partial charge < -0.3 is 59.3 Å². The molecular formula is C32H43NO12S2. The number of aryl methyl sites for hydroxylation is 1. The minimum atomic E-state index is -2.41. The molecule has 2 fully saturated rings. The number of ether oxygens (including phenoxy) is 4. The molecular weight excluding hydrogens is 654 g/mol. The number of hydrogen-bond donors (Lipinski definition) is 7. The van der Waals surface area contributed by atoms with Crippen LogP contribution in [0.2, 0.25) is 0 Å². The van der Waals surface area contributed by atoms with Crippen molar-refractivity contribution in [3.05, 3.63) is 36.1 Å². The molecule has 1 saturated carbocycles. The lowest BCUT2D eigenvalue weighted by Crippen LogP contribution is -2.85. The molecule has 1 aromatic heterocycles. The van der Waals surface area contributed by atoms with Crippen molar-refractivity contribution in [2.75, 3.05) is 51.0 Å². The first kappa shape index (κ1) is 34.8. The van der Waals surface area contributed by atoms with Crippen molar-refractivity contribution < 1.29 is 58.8 Å². The zero-order valence-electron chi connectivity index (χ0n) is 26.1. The molecule has 260 valence electrons. The first-order valence-corrected chi connectivity index (χ1v) is 18.4. The fraction of sp³-hybridized carbons (Fsp3) is 0.656. The van der Waals surface area contributed by atoms with Crippen molar-refractivity contribution in [3.8, 4) is 11.5 Å². The second kappa shape index (κ2) is 14.1. The van der Waals surface area contributed by atoms with Crippen LogP contribution in [0.5, 0.6) is 11.5 Å². The predicted octanol–water partition coefficient (Wildman–Crippen LogP) is 0.756. The van der Waals surface area contributed by atoms with Crippen LogP contribution in [0.15, 0.2) is 35.0 Å². The van der Waals surface area contributed by atoms with Gasteiger partial charge in [-0.2, -0.15) is 0 Å². The van der Waals surface area contributed by atoms with E-state index in [1.54, 1.807) is 25.1 Å². The Morgan fingerprint density at radius 3 is 2.74 bits per heavy atom. The molecule has 4 aliphatic rings. The van der Waals surface area contributed by atoms with Crippen LogP contribution in [-0.2, 0) is 20.7 Å². The molecule has 0 unspecified atom stereocenters. The van der Waals surface area contributed by atoms with E-state index in [1.165, 1.54) is 33.9 Å². The molecule has 47 heavy (non-hydrogen) atoms. The molecule has 1 saturated heterocycles. The van der Waals surface area contributed by atoms with Gasteiger partial charge in [0.2, 0.25) is 12.0 Å². The molecule has 7 N–H and O–H groups in total. The lowest BCUT2D eigenvalue weighted by molar-refractivity contribution is -0.416. The van der Waals surface area contributed by atoms with Crippen LogP contribution in [0.3, 0.4) is 0 Å². The summed E-state index contributed by atoms with van der Waals surface area (Å²) in [5.74, 6) is -2.07. The van der Waals surface area contributed by atoms with E-state index in [4.69, 9.17) is 23.4 Å².